The molecule has 0 aliphatic heterocycles. The summed E-state index contributed by atoms with van der Waals surface area (Å²) in [5, 5.41) is 2.35. The molecule has 0 unspecified atom stereocenters. The second-order valence-electron chi connectivity index (χ2n) is 6.95. The fraction of sp³-hybridized carbons (Fsp3) is 0.190. The first-order chi connectivity index (χ1) is 15.1. The first kappa shape index (κ1) is 23.5. The smallest absolute Gasteiger partial charge is 0.269 e. The molecule has 0 saturated heterocycles. The molecule has 2 amide bonds. The average Bonchev–Trinajstić information content (AvgIpc) is 3.22. The third-order valence-corrected chi connectivity index (χ3v) is 7.22. The number of halogens is 1. The van der Waals surface area contributed by atoms with Crippen molar-refractivity contribution < 1.29 is 22.4 Å². The van der Waals surface area contributed by atoms with Gasteiger partial charge in [-0.25, -0.2) is 22.5 Å². The highest BCUT2D eigenvalue weighted by Crippen LogP contribution is 2.24. The molecule has 1 heterocycles. The van der Waals surface area contributed by atoms with Crippen molar-refractivity contribution >= 4 is 33.2 Å². The zero-order chi connectivity index (χ0) is 23.5. The average molecular weight is 477 g/mol. The Balaban J connectivity index is 1.64. The van der Waals surface area contributed by atoms with E-state index in [1.165, 1.54) is 36.6 Å². The monoisotopic (exact) mass is 476 g/mol. The molecule has 0 atom stereocenters. The molecule has 3 N–H and O–H groups in total. The maximum absolute atomic E-state index is 13.1. The quantitative estimate of drug-likeness (QED) is 0.473. The molecule has 0 aliphatic rings. The lowest BCUT2D eigenvalue weighted by molar-refractivity contribution is -0.121. The summed E-state index contributed by atoms with van der Waals surface area (Å²) in [6.07, 6.45) is -0.0791. The van der Waals surface area contributed by atoms with Gasteiger partial charge in [-0.1, -0.05) is 0 Å². The number of aromatic nitrogens is 1. The predicted octanol–water partition coefficient (Wildman–Crippen LogP) is 2.48. The molecule has 1 aromatic heterocycles. The van der Waals surface area contributed by atoms with Crippen LogP contribution in [-0.4, -0.2) is 32.3 Å². The van der Waals surface area contributed by atoms with Crippen LogP contribution in [-0.2, 0) is 21.2 Å². The number of carbonyl (C=O) groups excluding carboxylic acids is 2. The number of carbonyl (C=O) groups is 2. The van der Waals surface area contributed by atoms with Gasteiger partial charge in [-0.2, -0.15) is 0 Å². The summed E-state index contributed by atoms with van der Waals surface area (Å²) in [5.41, 5.74) is 7.06. The second kappa shape index (κ2) is 9.55. The highest BCUT2D eigenvalue weighted by molar-refractivity contribution is 7.89. The van der Waals surface area contributed by atoms with Crippen molar-refractivity contribution in [3.8, 4) is 10.6 Å². The topological polar surface area (TPSA) is 117 Å². The van der Waals surface area contributed by atoms with E-state index >= 15 is 0 Å². The van der Waals surface area contributed by atoms with Crippen LogP contribution in [0.5, 0.6) is 0 Å². The van der Waals surface area contributed by atoms with E-state index in [2.05, 4.69) is 20.6 Å². The van der Waals surface area contributed by atoms with Gasteiger partial charge in [0.25, 0.3) is 5.91 Å². The summed E-state index contributed by atoms with van der Waals surface area (Å²) in [6.45, 7) is 3.34. The van der Waals surface area contributed by atoms with Crippen LogP contribution in [0, 0.1) is 19.7 Å². The van der Waals surface area contributed by atoms with E-state index in [1.54, 1.807) is 37.4 Å². The predicted molar refractivity (Wildman–Crippen MR) is 119 cm³/mol. The Morgan fingerprint density at radius 2 is 1.78 bits per heavy atom. The third kappa shape index (κ3) is 5.36. The highest BCUT2D eigenvalue weighted by Gasteiger charge is 2.20. The van der Waals surface area contributed by atoms with Gasteiger partial charge in [0.1, 0.15) is 10.8 Å². The number of aryl methyl sites for hydroxylation is 1. The van der Waals surface area contributed by atoms with E-state index in [1.807, 2.05) is 0 Å². The van der Waals surface area contributed by atoms with Crippen LogP contribution in [0.2, 0.25) is 0 Å². The van der Waals surface area contributed by atoms with Crippen LogP contribution in [0.25, 0.3) is 10.6 Å². The molecular weight excluding hydrogens is 455 g/mol. The largest absolute Gasteiger partial charge is 0.273 e. The number of rotatable bonds is 6. The van der Waals surface area contributed by atoms with Gasteiger partial charge in [-0.15, -0.1) is 11.3 Å². The molecular formula is C21H21FN4O4S2. The summed E-state index contributed by atoms with van der Waals surface area (Å²) in [7, 11) is -2.46. The fourth-order valence-electron chi connectivity index (χ4n) is 2.87. The van der Waals surface area contributed by atoms with Crippen LogP contribution in [0.15, 0.2) is 46.7 Å². The minimum Gasteiger partial charge on any atom is -0.273 e. The van der Waals surface area contributed by atoms with Crippen molar-refractivity contribution in [3.05, 3.63) is 70.0 Å². The van der Waals surface area contributed by atoms with E-state index in [0.717, 1.165) is 5.56 Å². The maximum atomic E-state index is 13.1. The number of sulfonamides is 1. The van der Waals surface area contributed by atoms with Crippen LogP contribution in [0.1, 0.15) is 27.2 Å². The first-order valence-electron chi connectivity index (χ1n) is 9.45. The Morgan fingerprint density at radius 3 is 2.44 bits per heavy atom. The second-order valence-corrected chi connectivity index (χ2v) is 9.67. The molecule has 168 valence electrons. The number of amides is 2. The molecule has 0 aliphatic carbocycles. The van der Waals surface area contributed by atoms with E-state index in [4.69, 9.17) is 0 Å². The minimum absolute atomic E-state index is 0.00716. The molecule has 0 fully saturated rings. The van der Waals surface area contributed by atoms with Gasteiger partial charge in [-0.3, -0.25) is 20.4 Å². The van der Waals surface area contributed by atoms with Gasteiger partial charge in [0.15, 0.2) is 0 Å². The van der Waals surface area contributed by atoms with Gasteiger partial charge < -0.3 is 0 Å². The summed E-state index contributed by atoms with van der Waals surface area (Å²) in [6, 6.07) is 8.66. The third-order valence-electron chi connectivity index (χ3n) is 4.74. The van der Waals surface area contributed by atoms with Gasteiger partial charge in [0, 0.05) is 16.5 Å². The number of hydrogen-bond donors (Lipinski definition) is 3. The van der Waals surface area contributed by atoms with E-state index in [-0.39, 0.29) is 22.7 Å². The summed E-state index contributed by atoms with van der Waals surface area (Å²) in [5.74, 6) is -1.50. The molecule has 0 bridgehead atoms. The zero-order valence-corrected chi connectivity index (χ0v) is 19.2. The van der Waals surface area contributed by atoms with E-state index < -0.39 is 21.8 Å². The molecule has 2 aromatic carbocycles. The molecule has 8 nitrogen and oxygen atoms in total. The van der Waals surface area contributed by atoms with E-state index in [9.17, 15) is 22.4 Å². The number of nitrogens with one attached hydrogen (secondary N) is 3. The van der Waals surface area contributed by atoms with Crippen LogP contribution < -0.4 is 15.6 Å². The molecule has 0 radical (unpaired) electrons. The van der Waals surface area contributed by atoms with Gasteiger partial charge in [-0.05, 0) is 68.4 Å². The fourth-order valence-corrected chi connectivity index (χ4v) is 4.76. The Labute approximate surface area is 188 Å². The van der Waals surface area contributed by atoms with Crippen LogP contribution in [0.4, 0.5) is 4.39 Å². The van der Waals surface area contributed by atoms with E-state index in [0.29, 0.717) is 21.8 Å². The molecule has 3 aromatic rings. The molecule has 11 heteroatoms. The number of hydrogen-bond acceptors (Lipinski definition) is 6. The Bertz CT molecular complexity index is 1270. The van der Waals surface area contributed by atoms with Crippen LogP contribution >= 0.6 is 11.3 Å². The summed E-state index contributed by atoms with van der Waals surface area (Å²) >= 11 is 1.32. The number of benzene rings is 2. The number of nitrogens with zero attached hydrogens (tertiary/aromatic N) is 1. The first-order valence-corrected chi connectivity index (χ1v) is 11.8. The molecule has 0 saturated carbocycles. The van der Waals surface area contributed by atoms with Gasteiger partial charge in [0.2, 0.25) is 15.9 Å². The SMILES string of the molecule is CNS(=O)(=O)c1cc(C(=O)NNC(=O)Cc2csc(-c3ccc(F)cc3)n2)cc(C)c1C. The Morgan fingerprint density at radius 1 is 1.09 bits per heavy atom. The number of thiazole rings is 1. The van der Waals surface area contributed by atoms with Gasteiger partial charge in [0.05, 0.1) is 17.0 Å². The van der Waals surface area contributed by atoms with Crippen molar-refractivity contribution in [2.45, 2.75) is 25.2 Å². The molecule has 32 heavy (non-hydrogen) atoms. The molecule has 0 spiro atoms. The lowest BCUT2D eigenvalue weighted by Crippen LogP contribution is -2.42. The lowest BCUT2D eigenvalue weighted by Gasteiger charge is -2.13. The normalized spacial score (nSPS) is 11.2. The molecule has 3 rings (SSSR count). The highest BCUT2D eigenvalue weighted by atomic mass is 32.2. The standard InChI is InChI=1S/C21H21FN4O4S2/c1-12-8-15(9-18(13(12)2)32(29,30)23-3)20(28)26-25-19(27)10-17-11-31-21(24-17)14-4-6-16(22)7-5-14/h4-9,11,23H,10H2,1-3H3,(H,25,27)(H,26,28). The van der Waals surface area contributed by atoms with Gasteiger partial charge >= 0.3 is 0 Å². The Hall–Kier alpha value is -3.15. The van der Waals surface area contributed by atoms with Crippen LogP contribution in [0.3, 0.4) is 0 Å². The van der Waals surface area contributed by atoms with Crippen molar-refractivity contribution in [2.24, 2.45) is 0 Å². The van der Waals surface area contributed by atoms with Crippen molar-refractivity contribution in [3.63, 3.8) is 0 Å². The lowest BCUT2D eigenvalue weighted by atomic mass is 10.1. The number of hydrazine groups is 1. The van der Waals surface area contributed by atoms with Crippen molar-refractivity contribution in [2.75, 3.05) is 7.05 Å². The summed E-state index contributed by atoms with van der Waals surface area (Å²) in [4.78, 5) is 29.0. The maximum Gasteiger partial charge on any atom is 0.269 e. The summed E-state index contributed by atoms with van der Waals surface area (Å²) < 4.78 is 39.7. The van der Waals surface area contributed by atoms with Crippen molar-refractivity contribution in [1.29, 1.82) is 0 Å². The zero-order valence-electron chi connectivity index (χ0n) is 17.5. The Kier molecular flexibility index (Phi) is 7.02. The van der Waals surface area contributed by atoms with Crippen molar-refractivity contribution in [1.82, 2.24) is 20.6 Å². The minimum atomic E-state index is -3.75.